The predicted octanol–water partition coefficient (Wildman–Crippen LogP) is 5.39. The largest absolute Gasteiger partial charge is 0.340 e. The summed E-state index contributed by atoms with van der Waals surface area (Å²) >= 11 is 1.53. The van der Waals surface area contributed by atoms with Crippen LogP contribution >= 0.6 is 11.9 Å². The summed E-state index contributed by atoms with van der Waals surface area (Å²) in [5.74, 6) is -0.692. The van der Waals surface area contributed by atoms with Crippen LogP contribution in [0.1, 0.15) is 57.8 Å². The number of carbonyl (C=O) groups excluding carboxylic acids is 2. The summed E-state index contributed by atoms with van der Waals surface area (Å²) in [5.41, 5.74) is 0.969. The maximum Gasteiger partial charge on any atom is 0.251 e. The Morgan fingerprint density at radius 2 is 1.58 bits per heavy atom. The van der Waals surface area contributed by atoms with E-state index in [4.69, 9.17) is 0 Å². The first-order valence-electron chi connectivity index (χ1n) is 10.4. The molecule has 1 unspecified atom stereocenters. The fraction of sp³-hybridized carbons (Fsp3) is 0.417. The van der Waals surface area contributed by atoms with E-state index in [1.165, 1.54) is 36.2 Å². The molecule has 0 heterocycles. The SMILES string of the molecule is CC(C)CCC(NC(=O)c1ccc(F)cc1)C(=O)Nc1ccc(SNC(C)(C)C)cc1. The third kappa shape index (κ3) is 9.11. The van der Waals surface area contributed by atoms with Crippen molar-refractivity contribution in [2.45, 2.75) is 63.9 Å². The predicted molar refractivity (Wildman–Crippen MR) is 126 cm³/mol. The molecule has 31 heavy (non-hydrogen) atoms. The molecule has 2 rings (SSSR count). The number of benzene rings is 2. The molecule has 0 bridgehead atoms. The Bertz CT molecular complexity index is 862. The minimum atomic E-state index is -0.684. The van der Waals surface area contributed by atoms with Crippen LogP contribution < -0.4 is 15.4 Å². The molecular weight excluding hydrogens is 413 g/mol. The second kappa shape index (κ2) is 11.3. The van der Waals surface area contributed by atoms with E-state index in [0.717, 1.165) is 11.3 Å². The van der Waals surface area contributed by atoms with Crippen molar-refractivity contribution in [2.75, 3.05) is 5.32 Å². The maximum absolute atomic E-state index is 13.1. The highest BCUT2D eigenvalue weighted by molar-refractivity contribution is 7.97. The van der Waals surface area contributed by atoms with Crippen LogP contribution in [0.5, 0.6) is 0 Å². The minimum absolute atomic E-state index is 0.0100. The molecule has 0 aromatic heterocycles. The van der Waals surface area contributed by atoms with Crippen molar-refractivity contribution in [3.05, 3.63) is 59.9 Å². The van der Waals surface area contributed by atoms with E-state index in [0.29, 0.717) is 23.6 Å². The molecule has 2 aromatic carbocycles. The van der Waals surface area contributed by atoms with Crippen molar-refractivity contribution >= 4 is 29.4 Å². The zero-order valence-corrected chi connectivity index (χ0v) is 19.6. The van der Waals surface area contributed by atoms with E-state index >= 15 is 0 Å². The molecule has 0 fully saturated rings. The Labute approximate surface area is 188 Å². The fourth-order valence-electron chi connectivity index (χ4n) is 2.66. The van der Waals surface area contributed by atoms with Gasteiger partial charge in [-0.1, -0.05) is 13.8 Å². The van der Waals surface area contributed by atoms with Gasteiger partial charge in [0.05, 0.1) is 0 Å². The Kier molecular flexibility index (Phi) is 9.07. The minimum Gasteiger partial charge on any atom is -0.340 e. The summed E-state index contributed by atoms with van der Waals surface area (Å²) in [7, 11) is 0. The first-order chi connectivity index (χ1) is 14.5. The molecule has 0 spiro atoms. The van der Waals surface area contributed by atoms with Gasteiger partial charge in [0.1, 0.15) is 11.9 Å². The Hall–Kier alpha value is -2.38. The van der Waals surface area contributed by atoms with E-state index in [1.807, 2.05) is 24.3 Å². The van der Waals surface area contributed by atoms with Crippen molar-refractivity contribution in [2.24, 2.45) is 5.92 Å². The van der Waals surface area contributed by atoms with Crippen LogP contribution in [0, 0.1) is 11.7 Å². The van der Waals surface area contributed by atoms with Gasteiger partial charge >= 0.3 is 0 Å². The van der Waals surface area contributed by atoms with Crippen LogP contribution in [0.2, 0.25) is 0 Å². The Morgan fingerprint density at radius 3 is 2.13 bits per heavy atom. The van der Waals surface area contributed by atoms with Crippen LogP contribution in [0.4, 0.5) is 10.1 Å². The topological polar surface area (TPSA) is 70.2 Å². The summed E-state index contributed by atoms with van der Waals surface area (Å²) in [4.78, 5) is 26.5. The summed E-state index contributed by atoms with van der Waals surface area (Å²) in [6.07, 6.45) is 1.30. The highest BCUT2D eigenvalue weighted by Gasteiger charge is 2.22. The lowest BCUT2D eigenvalue weighted by atomic mass is 10.0. The summed E-state index contributed by atoms with van der Waals surface area (Å²) < 4.78 is 16.5. The molecule has 3 N–H and O–H groups in total. The van der Waals surface area contributed by atoms with Crippen molar-refractivity contribution < 1.29 is 14.0 Å². The van der Waals surface area contributed by atoms with Gasteiger partial charge in [-0.3, -0.25) is 14.3 Å². The third-order valence-corrected chi connectivity index (χ3v) is 5.58. The van der Waals surface area contributed by atoms with Gasteiger partial charge in [-0.15, -0.1) is 0 Å². The highest BCUT2D eigenvalue weighted by atomic mass is 32.2. The van der Waals surface area contributed by atoms with E-state index < -0.39 is 17.8 Å². The van der Waals surface area contributed by atoms with Crippen LogP contribution in [-0.4, -0.2) is 23.4 Å². The first-order valence-corrected chi connectivity index (χ1v) is 11.3. The molecule has 2 amide bonds. The van der Waals surface area contributed by atoms with Crippen molar-refractivity contribution in [1.82, 2.24) is 10.0 Å². The van der Waals surface area contributed by atoms with Gasteiger partial charge in [-0.05, 0) is 100 Å². The standard InChI is InChI=1S/C24H32FN3O2S/c1-16(2)6-15-21(27-22(29)17-7-9-18(25)10-8-17)23(30)26-19-11-13-20(14-12-19)31-28-24(3,4)5/h7-14,16,21,28H,6,15H2,1-5H3,(H,26,30)(H,27,29). The number of hydrogen-bond acceptors (Lipinski definition) is 4. The number of amides is 2. The highest BCUT2D eigenvalue weighted by Crippen LogP contribution is 2.21. The number of nitrogens with one attached hydrogen (secondary N) is 3. The van der Waals surface area contributed by atoms with Crippen LogP contribution in [0.3, 0.4) is 0 Å². The lowest BCUT2D eigenvalue weighted by Crippen LogP contribution is -2.44. The second-order valence-corrected chi connectivity index (χ2v) is 9.85. The lowest BCUT2D eigenvalue weighted by Gasteiger charge is -2.20. The third-order valence-electron chi connectivity index (χ3n) is 4.36. The molecule has 0 radical (unpaired) electrons. The first kappa shape index (κ1) is 24.9. The number of rotatable bonds is 9. The molecule has 0 aliphatic carbocycles. The smallest absolute Gasteiger partial charge is 0.251 e. The van der Waals surface area contributed by atoms with Crippen LogP contribution in [0.15, 0.2) is 53.4 Å². The average molecular weight is 446 g/mol. The van der Waals surface area contributed by atoms with E-state index in [9.17, 15) is 14.0 Å². The summed E-state index contributed by atoms with van der Waals surface area (Å²) in [6.45, 7) is 10.4. The van der Waals surface area contributed by atoms with Gasteiger partial charge in [-0.2, -0.15) is 0 Å². The number of hydrogen-bond donors (Lipinski definition) is 3. The van der Waals surface area contributed by atoms with Crippen LogP contribution in [-0.2, 0) is 4.79 Å². The zero-order valence-electron chi connectivity index (χ0n) is 18.8. The van der Waals surface area contributed by atoms with Gasteiger partial charge in [0, 0.05) is 21.7 Å². The van der Waals surface area contributed by atoms with Gasteiger partial charge in [0.2, 0.25) is 5.91 Å². The Balaban J connectivity index is 2.03. The normalized spacial score (nSPS) is 12.5. The van der Waals surface area contributed by atoms with E-state index in [2.05, 4.69) is 50.0 Å². The maximum atomic E-state index is 13.1. The molecular formula is C24H32FN3O2S. The molecule has 2 aromatic rings. The lowest BCUT2D eigenvalue weighted by molar-refractivity contribution is -0.118. The number of carbonyl (C=O) groups is 2. The molecule has 7 heteroatoms. The van der Waals surface area contributed by atoms with Crippen LogP contribution in [0.25, 0.3) is 0 Å². The van der Waals surface area contributed by atoms with Gasteiger partial charge in [-0.25, -0.2) is 4.39 Å². The zero-order chi connectivity index (χ0) is 23.0. The van der Waals surface area contributed by atoms with E-state index in [1.54, 1.807) is 0 Å². The monoisotopic (exact) mass is 445 g/mol. The summed E-state index contributed by atoms with van der Waals surface area (Å²) in [5, 5.41) is 5.68. The molecule has 0 aliphatic heterocycles. The summed E-state index contributed by atoms with van der Waals surface area (Å²) in [6, 6.07) is 12.1. The van der Waals surface area contributed by atoms with Gasteiger partial charge < -0.3 is 10.6 Å². The quantitative estimate of drug-likeness (QED) is 0.452. The molecule has 168 valence electrons. The average Bonchev–Trinajstić information content (AvgIpc) is 2.70. The van der Waals surface area contributed by atoms with Crippen molar-refractivity contribution in [3.8, 4) is 0 Å². The van der Waals surface area contributed by atoms with Gasteiger partial charge in [0.25, 0.3) is 5.91 Å². The molecule has 0 saturated heterocycles. The molecule has 0 aliphatic rings. The fourth-order valence-corrected chi connectivity index (χ4v) is 3.36. The second-order valence-electron chi connectivity index (χ2n) is 8.97. The molecule has 5 nitrogen and oxygen atoms in total. The number of halogens is 1. The van der Waals surface area contributed by atoms with E-state index in [-0.39, 0.29) is 11.4 Å². The molecule has 0 saturated carbocycles. The van der Waals surface area contributed by atoms with Gasteiger partial charge in [0.15, 0.2) is 0 Å². The number of anilines is 1. The molecule has 1 atom stereocenters. The van der Waals surface area contributed by atoms with Crippen molar-refractivity contribution in [3.63, 3.8) is 0 Å². The Morgan fingerprint density at radius 1 is 0.968 bits per heavy atom. The van der Waals surface area contributed by atoms with Crippen molar-refractivity contribution in [1.29, 1.82) is 0 Å².